The molecule has 1 aromatic carbocycles. The van der Waals surface area contributed by atoms with Gasteiger partial charge in [0.15, 0.2) is 6.29 Å². The zero-order valence-electron chi connectivity index (χ0n) is 19.8. The van der Waals surface area contributed by atoms with Gasteiger partial charge in [-0.05, 0) is 31.9 Å². The van der Waals surface area contributed by atoms with Crippen LogP contribution in [0.1, 0.15) is 40.0 Å². The molecule has 0 amide bonds. The van der Waals surface area contributed by atoms with Crippen LogP contribution in [0.15, 0.2) is 30.3 Å². The molecule has 0 saturated carbocycles. The molecule has 0 aliphatic heterocycles. The van der Waals surface area contributed by atoms with Gasteiger partial charge in [-0.3, -0.25) is 0 Å². The van der Waals surface area contributed by atoms with Gasteiger partial charge in [0, 0.05) is 107 Å². The maximum Gasteiger partial charge on any atom is 0.159 e. The van der Waals surface area contributed by atoms with Crippen LogP contribution in [-0.2, 0) is 101 Å². The first-order valence-electron chi connectivity index (χ1n) is 9.87. The molecule has 11 heteroatoms. The van der Waals surface area contributed by atoms with Crippen LogP contribution in [-0.4, -0.2) is 73.0 Å². The molecule has 0 spiro atoms. The summed E-state index contributed by atoms with van der Waals surface area (Å²) in [4.78, 5) is 0. The van der Waals surface area contributed by atoms with Crippen LogP contribution in [0.2, 0.25) is 0 Å². The van der Waals surface area contributed by atoms with Crippen molar-refractivity contribution in [1.82, 2.24) is 0 Å². The Bertz CT molecular complexity index is 418. The zero-order chi connectivity index (χ0) is 21.6. The van der Waals surface area contributed by atoms with Crippen molar-refractivity contribution in [2.45, 2.75) is 52.4 Å². The van der Waals surface area contributed by atoms with E-state index in [0.29, 0.717) is 45.0 Å². The van der Waals surface area contributed by atoms with Crippen molar-refractivity contribution in [3.05, 3.63) is 30.3 Å². The van der Waals surface area contributed by atoms with Gasteiger partial charge >= 0.3 is 0 Å². The van der Waals surface area contributed by atoms with Crippen LogP contribution >= 0.6 is 0 Å². The van der Waals surface area contributed by atoms with E-state index >= 15 is 0 Å². The molecule has 0 radical (unpaired) electrons. The number of aromatic hydroxyl groups is 1. The second kappa shape index (κ2) is 37.2. The quantitative estimate of drug-likeness (QED) is 0.167. The number of benzene rings is 1. The minimum Gasteiger partial charge on any atom is -0.508 e. The normalized spacial score (nSPS) is 11.7. The number of ether oxygens (including phenoxy) is 3. The fourth-order valence-electron chi connectivity index (χ4n) is 2.19. The Kier molecular flexibility index (Phi) is 54.5. The van der Waals surface area contributed by atoms with Gasteiger partial charge in [0.2, 0.25) is 0 Å². The van der Waals surface area contributed by atoms with Crippen LogP contribution in [0.4, 0.5) is 0 Å². The average molecular weight is 596 g/mol. The number of methoxy groups -OCH3 is 1. The van der Waals surface area contributed by atoms with E-state index in [0.717, 1.165) is 6.42 Å². The van der Waals surface area contributed by atoms with Crippen LogP contribution < -0.4 is 0 Å². The molecule has 7 nitrogen and oxygen atoms in total. The molecular formula is C21H40O7Ti4. The summed E-state index contributed by atoms with van der Waals surface area (Å²) in [6.45, 7) is 7.93. The van der Waals surface area contributed by atoms with Crippen molar-refractivity contribution >= 4 is 0 Å². The van der Waals surface area contributed by atoms with Crippen LogP contribution in [0.5, 0.6) is 5.75 Å². The van der Waals surface area contributed by atoms with E-state index < -0.39 is 12.4 Å². The summed E-state index contributed by atoms with van der Waals surface area (Å²) in [6.07, 6.45) is 0.925. The summed E-state index contributed by atoms with van der Waals surface area (Å²) in [5.74, 6) is 0.115. The molecule has 0 bridgehead atoms. The van der Waals surface area contributed by atoms with Gasteiger partial charge < -0.3 is 34.6 Å². The van der Waals surface area contributed by atoms with Gasteiger partial charge in [0.05, 0.1) is 32.5 Å². The predicted molar refractivity (Wildman–Crippen MR) is 110 cm³/mol. The zero-order valence-corrected chi connectivity index (χ0v) is 26.0. The number of hydrogen-bond acceptors (Lipinski definition) is 7. The fraction of sp³-hybridized carbons (Fsp3) is 0.714. The minimum atomic E-state index is -0.896. The van der Waals surface area contributed by atoms with Crippen molar-refractivity contribution in [2.24, 2.45) is 5.92 Å². The number of hydrogen-bond donors (Lipinski definition) is 4. The molecular weight excluding hydrogens is 556 g/mol. The Balaban J connectivity index is -0.0000000888. The van der Waals surface area contributed by atoms with Gasteiger partial charge in [-0.2, -0.15) is 0 Å². The van der Waals surface area contributed by atoms with Crippen molar-refractivity contribution in [3.8, 4) is 5.75 Å². The first-order chi connectivity index (χ1) is 13.5. The summed E-state index contributed by atoms with van der Waals surface area (Å²) in [7, 11) is 1.55. The third kappa shape index (κ3) is 31.6. The SMILES string of the molecule is CCCC(O)C(CC)C(O)OCCOCC.COCCO.Oc1ccccc1.[Ti].[Ti].[Ti].[Ti]. The van der Waals surface area contributed by atoms with Crippen LogP contribution in [0.25, 0.3) is 0 Å². The maximum atomic E-state index is 9.81. The molecule has 1 aromatic rings. The number of rotatable bonds is 12. The average Bonchev–Trinajstić information content (AvgIpc) is 2.68. The fourth-order valence-corrected chi connectivity index (χ4v) is 2.19. The first kappa shape index (κ1) is 46.9. The van der Waals surface area contributed by atoms with E-state index in [-0.39, 0.29) is 99.4 Å². The Morgan fingerprint density at radius 2 is 1.44 bits per heavy atom. The second-order valence-corrected chi connectivity index (χ2v) is 5.94. The summed E-state index contributed by atoms with van der Waals surface area (Å²) in [6, 6.07) is 8.71. The number of aliphatic hydroxyl groups excluding tert-OH is 3. The van der Waals surface area contributed by atoms with Crippen molar-refractivity contribution in [3.63, 3.8) is 0 Å². The number of para-hydroxylation sites is 1. The Morgan fingerprint density at radius 1 is 0.875 bits per heavy atom. The number of phenols is 1. The first-order valence-corrected chi connectivity index (χ1v) is 9.87. The molecule has 0 aliphatic carbocycles. The smallest absolute Gasteiger partial charge is 0.159 e. The van der Waals surface area contributed by atoms with E-state index in [4.69, 9.17) is 19.7 Å². The molecule has 3 unspecified atom stereocenters. The molecule has 0 saturated heterocycles. The van der Waals surface area contributed by atoms with E-state index in [1.807, 2.05) is 26.8 Å². The van der Waals surface area contributed by atoms with Gasteiger partial charge in [-0.1, -0.05) is 38.5 Å². The third-order valence-electron chi connectivity index (χ3n) is 3.69. The Morgan fingerprint density at radius 3 is 1.75 bits per heavy atom. The van der Waals surface area contributed by atoms with Crippen molar-refractivity contribution in [2.75, 3.05) is 40.1 Å². The van der Waals surface area contributed by atoms with Crippen molar-refractivity contribution < 1.29 is 122 Å². The predicted octanol–water partition coefficient (Wildman–Crippen LogP) is 2.55. The van der Waals surface area contributed by atoms with Gasteiger partial charge in [-0.25, -0.2) is 0 Å². The Labute approximate surface area is 253 Å². The van der Waals surface area contributed by atoms with Crippen molar-refractivity contribution in [1.29, 1.82) is 0 Å². The van der Waals surface area contributed by atoms with E-state index in [1.165, 1.54) is 0 Å². The summed E-state index contributed by atoms with van der Waals surface area (Å²) >= 11 is 0. The molecule has 32 heavy (non-hydrogen) atoms. The summed E-state index contributed by atoms with van der Waals surface area (Å²) in [5, 5.41) is 36.2. The molecule has 182 valence electrons. The molecule has 0 aromatic heterocycles. The van der Waals surface area contributed by atoms with E-state index in [9.17, 15) is 10.2 Å². The monoisotopic (exact) mass is 596 g/mol. The third-order valence-corrected chi connectivity index (χ3v) is 3.69. The number of aliphatic hydroxyl groups is 3. The van der Waals surface area contributed by atoms with Crippen LogP contribution in [0, 0.1) is 5.92 Å². The molecule has 1 rings (SSSR count). The van der Waals surface area contributed by atoms with Gasteiger partial charge in [0.1, 0.15) is 5.75 Å². The van der Waals surface area contributed by atoms with Gasteiger partial charge in [0.25, 0.3) is 0 Å². The minimum absolute atomic E-state index is 0. The molecule has 0 aliphatic rings. The molecule has 0 heterocycles. The molecule has 3 atom stereocenters. The number of phenolic OH excluding ortho intramolecular Hbond substituents is 1. The van der Waals surface area contributed by atoms with Gasteiger partial charge in [-0.15, -0.1) is 0 Å². The largest absolute Gasteiger partial charge is 0.508 e. The van der Waals surface area contributed by atoms with Crippen LogP contribution in [0.3, 0.4) is 0 Å². The maximum absolute atomic E-state index is 9.81. The Hall–Kier alpha value is 1.64. The summed E-state index contributed by atoms with van der Waals surface area (Å²) < 4.78 is 14.8. The molecule has 4 N–H and O–H groups in total. The molecule has 0 fully saturated rings. The standard InChI is InChI=1S/C12H26O4.C6H6O.C3H8O2.4Ti/c1-4-7-11(13)10(5-2)12(14)16-9-8-15-6-3;7-6-4-2-1-3-5-6;1-5-3-2-4;;;;/h10-14H,4-9H2,1-3H3;1-5,7H;4H,2-3H2,1H3;;;;. The van der Waals surface area contributed by atoms with E-state index in [1.54, 1.807) is 31.4 Å². The second-order valence-electron chi connectivity index (χ2n) is 5.94. The van der Waals surface area contributed by atoms with E-state index in [2.05, 4.69) is 4.74 Å². The summed E-state index contributed by atoms with van der Waals surface area (Å²) in [5.41, 5.74) is 0. The topological polar surface area (TPSA) is 109 Å².